The third kappa shape index (κ3) is 7.06. The van der Waals surface area contributed by atoms with Gasteiger partial charge in [0.05, 0.1) is 0 Å². The van der Waals surface area contributed by atoms with Crippen LogP contribution < -0.4 is 10.1 Å². The van der Waals surface area contributed by atoms with E-state index in [2.05, 4.69) is 5.32 Å². The van der Waals surface area contributed by atoms with Crippen molar-refractivity contribution in [1.29, 1.82) is 0 Å². The number of rotatable bonds is 8. The maximum Gasteiger partial charge on any atom is 0.261 e. The van der Waals surface area contributed by atoms with Crippen LogP contribution in [0.3, 0.4) is 0 Å². The smallest absolute Gasteiger partial charge is 0.261 e. The van der Waals surface area contributed by atoms with E-state index in [1.54, 1.807) is 17.0 Å². The van der Waals surface area contributed by atoms with E-state index in [-0.39, 0.29) is 18.4 Å². The molecule has 1 N–H and O–H groups in total. The molecule has 0 fully saturated rings. The van der Waals surface area contributed by atoms with Gasteiger partial charge in [-0.15, -0.1) is 0 Å². The van der Waals surface area contributed by atoms with Crippen molar-refractivity contribution < 1.29 is 14.3 Å². The minimum atomic E-state index is -0.604. The van der Waals surface area contributed by atoms with Crippen molar-refractivity contribution in [2.45, 2.75) is 59.2 Å². The van der Waals surface area contributed by atoms with Crippen molar-refractivity contribution in [3.8, 4) is 5.75 Å². The number of hydrogen-bond donors (Lipinski definition) is 1. The van der Waals surface area contributed by atoms with Gasteiger partial charge in [-0.2, -0.15) is 0 Å². The van der Waals surface area contributed by atoms with Gasteiger partial charge in [-0.25, -0.2) is 0 Å². The minimum absolute atomic E-state index is 0.141. The number of carbonyl (C=O) groups is 2. The number of nitrogens with zero attached hydrogens (tertiary/aromatic N) is 1. The second-order valence-corrected chi connectivity index (χ2v) is 8.80. The lowest BCUT2D eigenvalue weighted by atomic mass is 10.1. The number of aryl methyl sites for hydroxylation is 1. The Labute approximate surface area is 184 Å². The van der Waals surface area contributed by atoms with E-state index < -0.39 is 11.6 Å². The molecule has 30 heavy (non-hydrogen) atoms. The summed E-state index contributed by atoms with van der Waals surface area (Å²) in [4.78, 5) is 27.7. The van der Waals surface area contributed by atoms with Crippen LogP contribution in [0, 0.1) is 6.92 Å². The first kappa shape index (κ1) is 23.7. The molecule has 0 heterocycles. The van der Waals surface area contributed by atoms with Gasteiger partial charge in [0.1, 0.15) is 11.8 Å². The van der Waals surface area contributed by atoms with Gasteiger partial charge in [0.25, 0.3) is 5.91 Å². The van der Waals surface area contributed by atoms with Gasteiger partial charge in [-0.05, 0) is 63.4 Å². The van der Waals surface area contributed by atoms with E-state index in [0.717, 1.165) is 11.1 Å². The van der Waals surface area contributed by atoms with E-state index >= 15 is 0 Å². The highest BCUT2D eigenvalue weighted by molar-refractivity contribution is 6.30. The van der Waals surface area contributed by atoms with E-state index in [1.165, 1.54) is 0 Å². The molecule has 2 amide bonds. The van der Waals surface area contributed by atoms with Gasteiger partial charge in [0.2, 0.25) is 5.91 Å². The molecule has 0 aliphatic rings. The lowest BCUT2D eigenvalue weighted by Gasteiger charge is -2.33. The molecule has 0 radical (unpaired) electrons. The molecular formula is C24H31ClN2O3. The topological polar surface area (TPSA) is 58.6 Å². The number of ether oxygens (including phenoxy) is 1. The lowest BCUT2D eigenvalue weighted by molar-refractivity contribution is -0.143. The van der Waals surface area contributed by atoms with Crippen LogP contribution >= 0.6 is 11.6 Å². The molecule has 0 bridgehead atoms. The average molecular weight is 431 g/mol. The van der Waals surface area contributed by atoms with Crippen molar-refractivity contribution in [2.75, 3.05) is 6.61 Å². The van der Waals surface area contributed by atoms with E-state index in [0.29, 0.717) is 23.7 Å². The summed E-state index contributed by atoms with van der Waals surface area (Å²) in [6.45, 7) is 9.74. The molecule has 2 aromatic carbocycles. The fraction of sp³-hybridized carbons (Fsp3) is 0.417. The summed E-state index contributed by atoms with van der Waals surface area (Å²) in [5.74, 6) is 0.233. The van der Waals surface area contributed by atoms with Crippen LogP contribution in [0.15, 0.2) is 48.5 Å². The van der Waals surface area contributed by atoms with Crippen LogP contribution in [0.25, 0.3) is 0 Å². The Morgan fingerprint density at radius 1 is 1.10 bits per heavy atom. The monoisotopic (exact) mass is 430 g/mol. The highest BCUT2D eigenvalue weighted by Crippen LogP contribution is 2.19. The first-order valence-corrected chi connectivity index (χ1v) is 10.5. The number of hydrogen-bond acceptors (Lipinski definition) is 3. The normalized spacial score (nSPS) is 12.2. The van der Waals surface area contributed by atoms with Gasteiger partial charge in [0.15, 0.2) is 6.61 Å². The summed E-state index contributed by atoms with van der Waals surface area (Å²) >= 11 is 5.99. The molecule has 6 heteroatoms. The van der Waals surface area contributed by atoms with Gasteiger partial charge in [0, 0.05) is 17.1 Å². The highest BCUT2D eigenvalue weighted by Gasteiger charge is 2.30. The Kier molecular flexibility index (Phi) is 8.30. The quantitative estimate of drug-likeness (QED) is 0.657. The van der Waals surface area contributed by atoms with Crippen LogP contribution in [0.5, 0.6) is 5.75 Å². The minimum Gasteiger partial charge on any atom is -0.484 e. The second-order valence-electron chi connectivity index (χ2n) is 8.37. The Morgan fingerprint density at radius 2 is 1.73 bits per heavy atom. The summed E-state index contributed by atoms with van der Waals surface area (Å²) in [6, 6.07) is 14.2. The van der Waals surface area contributed by atoms with Crippen LogP contribution in [-0.4, -0.2) is 34.9 Å². The van der Waals surface area contributed by atoms with Crippen LogP contribution in [0.1, 0.15) is 45.2 Å². The molecule has 0 saturated heterocycles. The van der Waals surface area contributed by atoms with Crippen LogP contribution in [0.2, 0.25) is 5.02 Å². The molecule has 0 aliphatic heterocycles. The van der Waals surface area contributed by atoms with Gasteiger partial charge < -0.3 is 15.0 Å². The zero-order valence-electron chi connectivity index (χ0n) is 18.4. The van der Waals surface area contributed by atoms with Crippen molar-refractivity contribution in [2.24, 2.45) is 0 Å². The zero-order chi connectivity index (χ0) is 22.3. The van der Waals surface area contributed by atoms with Gasteiger partial charge in [-0.1, -0.05) is 48.9 Å². The molecule has 1 atom stereocenters. The summed E-state index contributed by atoms with van der Waals surface area (Å²) in [6.07, 6.45) is 0.492. The Balaban J connectivity index is 2.24. The first-order chi connectivity index (χ1) is 14.1. The molecular weight excluding hydrogens is 400 g/mol. The largest absolute Gasteiger partial charge is 0.484 e. The third-order valence-electron chi connectivity index (χ3n) is 4.60. The number of halogens is 1. The fourth-order valence-corrected chi connectivity index (χ4v) is 3.23. The molecule has 0 aliphatic carbocycles. The van der Waals surface area contributed by atoms with E-state index in [1.807, 2.05) is 71.0 Å². The SMILES string of the molecule is CC[C@H](C(=O)NC(C)(C)C)N(Cc1ccc(Cl)cc1)C(=O)COc1ccccc1C. The molecule has 2 rings (SSSR count). The molecule has 0 spiro atoms. The van der Waals surface area contributed by atoms with Gasteiger partial charge in [-0.3, -0.25) is 9.59 Å². The maximum atomic E-state index is 13.2. The Hall–Kier alpha value is -2.53. The predicted octanol–water partition coefficient (Wildman–Crippen LogP) is 4.75. The number of benzene rings is 2. The van der Waals surface area contributed by atoms with Crippen LogP contribution in [0.4, 0.5) is 0 Å². The van der Waals surface area contributed by atoms with Crippen molar-refractivity contribution in [3.05, 3.63) is 64.7 Å². The third-order valence-corrected chi connectivity index (χ3v) is 4.85. The highest BCUT2D eigenvalue weighted by atomic mass is 35.5. The van der Waals surface area contributed by atoms with E-state index in [9.17, 15) is 9.59 Å². The lowest BCUT2D eigenvalue weighted by Crippen LogP contribution is -2.54. The first-order valence-electron chi connectivity index (χ1n) is 10.1. The Morgan fingerprint density at radius 3 is 2.30 bits per heavy atom. The number of amides is 2. The van der Waals surface area contributed by atoms with Crippen LogP contribution in [-0.2, 0) is 16.1 Å². The molecule has 0 saturated carbocycles. The van der Waals surface area contributed by atoms with Crippen molar-refractivity contribution >= 4 is 23.4 Å². The number of carbonyl (C=O) groups excluding carboxylic acids is 2. The van der Waals surface area contributed by atoms with E-state index in [4.69, 9.17) is 16.3 Å². The van der Waals surface area contributed by atoms with Crippen molar-refractivity contribution in [3.63, 3.8) is 0 Å². The predicted molar refractivity (Wildman–Crippen MR) is 121 cm³/mol. The summed E-state index contributed by atoms with van der Waals surface area (Å²) < 4.78 is 5.77. The second kappa shape index (κ2) is 10.5. The molecule has 0 aromatic heterocycles. The number of para-hydroxylation sites is 1. The molecule has 2 aromatic rings. The number of nitrogens with one attached hydrogen (secondary N) is 1. The molecule has 5 nitrogen and oxygen atoms in total. The Bertz CT molecular complexity index is 859. The van der Waals surface area contributed by atoms with Gasteiger partial charge >= 0.3 is 0 Å². The molecule has 0 unspecified atom stereocenters. The zero-order valence-corrected chi connectivity index (χ0v) is 19.1. The van der Waals surface area contributed by atoms with Crippen molar-refractivity contribution in [1.82, 2.24) is 10.2 Å². The summed E-state index contributed by atoms with van der Waals surface area (Å²) in [5, 5.41) is 3.61. The fourth-order valence-electron chi connectivity index (χ4n) is 3.10. The maximum absolute atomic E-state index is 13.2. The molecule has 162 valence electrons. The standard InChI is InChI=1S/C24H31ClN2O3/c1-6-20(23(29)26-24(3,4)5)27(15-18-11-13-19(25)14-12-18)22(28)16-30-21-10-8-7-9-17(21)2/h7-14,20H,6,15-16H2,1-5H3,(H,26,29)/t20-/m1/s1. The summed E-state index contributed by atoms with van der Waals surface area (Å²) in [5.41, 5.74) is 1.45. The summed E-state index contributed by atoms with van der Waals surface area (Å²) in [7, 11) is 0. The average Bonchev–Trinajstić information content (AvgIpc) is 2.67.